The predicted octanol–water partition coefficient (Wildman–Crippen LogP) is 2.52. The first-order chi connectivity index (χ1) is 12.4. The van der Waals surface area contributed by atoms with E-state index in [9.17, 15) is 13.7 Å². The van der Waals surface area contributed by atoms with E-state index in [-0.39, 0.29) is 11.3 Å². The summed E-state index contributed by atoms with van der Waals surface area (Å²) in [6.45, 7) is 0. The highest BCUT2D eigenvalue weighted by Gasteiger charge is 2.11. The maximum Gasteiger partial charge on any atom is 0.296 e. The van der Waals surface area contributed by atoms with Crippen LogP contribution in [0.25, 0.3) is 10.9 Å². The molecule has 0 saturated carbocycles. The van der Waals surface area contributed by atoms with Crippen LogP contribution < -0.4 is 19.3 Å². The molecular weight excluding hydrogens is 356 g/mol. The first kappa shape index (κ1) is 17.5. The molecule has 0 aliphatic carbocycles. The van der Waals surface area contributed by atoms with E-state index in [2.05, 4.69) is 9.71 Å². The van der Waals surface area contributed by atoms with E-state index in [1.54, 1.807) is 31.5 Å². The monoisotopic (exact) mass is 370 g/mol. The van der Waals surface area contributed by atoms with Crippen LogP contribution in [0.4, 0.5) is 5.69 Å². The number of nitrogens with zero attached hydrogens (tertiary/aromatic N) is 2. The van der Waals surface area contributed by atoms with Gasteiger partial charge in [-0.1, -0.05) is 0 Å². The summed E-state index contributed by atoms with van der Waals surface area (Å²) in [5.74, 6) is 1.57. The number of rotatable bonds is 5. The van der Waals surface area contributed by atoms with Gasteiger partial charge in [-0.25, -0.2) is 5.14 Å². The number of nitrogens with two attached hydrogens (primary N) is 1. The summed E-state index contributed by atoms with van der Waals surface area (Å²) in [4.78, 5) is 4.28. The molecule has 132 valence electrons. The van der Waals surface area contributed by atoms with Crippen LogP contribution in [0.15, 0.2) is 48.7 Å². The van der Waals surface area contributed by atoms with Crippen LogP contribution in [0.2, 0.25) is 0 Å². The Morgan fingerprint density at radius 2 is 1.92 bits per heavy atom. The van der Waals surface area contributed by atoms with Crippen molar-refractivity contribution in [3.8, 4) is 23.3 Å². The van der Waals surface area contributed by atoms with Crippen LogP contribution in [-0.2, 0) is 10.2 Å². The molecule has 9 heteroatoms. The number of benzene rings is 2. The number of hydrogen-bond donors (Lipinski definition) is 2. The topological polar surface area (TPSA) is 127 Å². The summed E-state index contributed by atoms with van der Waals surface area (Å²) >= 11 is 0. The third kappa shape index (κ3) is 3.83. The molecule has 3 rings (SSSR count). The second kappa shape index (κ2) is 6.87. The Bertz CT molecular complexity index is 1120. The van der Waals surface area contributed by atoms with E-state index in [1.807, 2.05) is 12.1 Å². The van der Waals surface area contributed by atoms with E-state index in [0.29, 0.717) is 22.8 Å². The molecule has 0 bridgehead atoms. The molecule has 0 fully saturated rings. The van der Waals surface area contributed by atoms with E-state index < -0.39 is 10.2 Å². The van der Waals surface area contributed by atoms with Gasteiger partial charge < -0.3 is 9.47 Å². The Balaban J connectivity index is 1.97. The van der Waals surface area contributed by atoms with Crippen molar-refractivity contribution in [3.05, 3.63) is 54.2 Å². The molecule has 0 spiro atoms. The maximum absolute atomic E-state index is 11.2. The zero-order valence-electron chi connectivity index (χ0n) is 13.6. The molecule has 0 saturated heterocycles. The summed E-state index contributed by atoms with van der Waals surface area (Å²) in [5.41, 5.74) is 0.845. The van der Waals surface area contributed by atoms with Crippen LogP contribution in [0.1, 0.15) is 5.56 Å². The van der Waals surface area contributed by atoms with Crippen molar-refractivity contribution < 1.29 is 17.9 Å². The molecule has 1 aromatic heterocycles. The summed E-state index contributed by atoms with van der Waals surface area (Å²) in [5, 5.41) is 14.9. The molecule has 3 aromatic rings. The zero-order valence-corrected chi connectivity index (χ0v) is 14.4. The van der Waals surface area contributed by atoms with Crippen LogP contribution in [0, 0.1) is 11.3 Å². The molecule has 0 amide bonds. The number of nitriles is 1. The molecule has 1 heterocycles. The lowest BCUT2D eigenvalue weighted by Gasteiger charge is -2.11. The van der Waals surface area contributed by atoms with E-state index in [4.69, 9.17) is 14.6 Å². The highest BCUT2D eigenvalue weighted by atomic mass is 32.2. The Morgan fingerprint density at radius 3 is 2.62 bits per heavy atom. The standard InChI is InChI=1S/C17H14N4O4S/c1-24-12-2-4-14-16(9-12)20-7-6-17(14)25-13-3-5-15(11(8-13)10-18)21-26(19,22)23/h2-9,21H,1H3,(H2,19,22,23). The molecule has 3 N–H and O–H groups in total. The summed E-state index contributed by atoms with van der Waals surface area (Å²) in [6.07, 6.45) is 1.60. The molecule has 0 aliphatic heterocycles. The number of nitrogens with one attached hydrogen (secondary N) is 1. The van der Waals surface area contributed by atoms with Gasteiger partial charge >= 0.3 is 0 Å². The first-order valence-electron chi connectivity index (χ1n) is 7.35. The molecule has 26 heavy (non-hydrogen) atoms. The van der Waals surface area contributed by atoms with Gasteiger partial charge in [0.1, 0.15) is 23.3 Å². The second-order valence-corrected chi connectivity index (χ2v) is 6.55. The predicted molar refractivity (Wildman–Crippen MR) is 96.3 cm³/mol. The van der Waals surface area contributed by atoms with Gasteiger partial charge in [0.25, 0.3) is 10.2 Å². The fourth-order valence-corrected chi connectivity index (χ4v) is 2.85. The van der Waals surface area contributed by atoms with E-state index in [1.165, 1.54) is 18.2 Å². The number of hydrogen-bond acceptors (Lipinski definition) is 6. The number of pyridine rings is 1. The average molecular weight is 370 g/mol. The quantitative estimate of drug-likeness (QED) is 0.710. The highest BCUT2D eigenvalue weighted by molar-refractivity contribution is 7.90. The van der Waals surface area contributed by atoms with Crippen molar-refractivity contribution >= 4 is 26.8 Å². The molecular formula is C17H14N4O4S. The van der Waals surface area contributed by atoms with Gasteiger partial charge in [0.2, 0.25) is 0 Å². The Hall–Kier alpha value is -3.35. The number of fused-ring (bicyclic) bond motifs is 1. The summed E-state index contributed by atoms with van der Waals surface area (Å²) in [6, 6.07) is 13.3. The van der Waals surface area contributed by atoms with Crippen LogP contribution in [-0.4, -0.2) is 20.5 Å². The minimum Gasteiger partial charge on any atom is -0.497 e. The molecule has 0 aliphatic rings. The minimum absolute atomic E-state index is 0.0756. The largest absolute Gasteiger partial charge is 0.497 e. The number of aromatic nitrogens is 1. The van der Waals surface area contributed by atoms with E-state index in [0.717, 1.165) is 5.39 Å². The highest BCUT2D eigenvalue weighted by Crippen LogP contribution is 2.32. The van der Waals surface area contributed by atoms with Gasteiger partial charge in [-0.05, 0) is 30.3 Å². The SMILES string of the molecule is COc1ccc2c(Oc3ccc(NS(N)(=O)=O)c(C#N)c3)ccnc2c1. The fourth-order valence-electron chi connectivity index (χ4n) is 2.37. The number of anilines is 1. The lowest BCUT2D eigenvalue weighted by atomic mass is 10.2. The van der Waals surface area contributed by atoms with Crippen LogP contribution in [0.5, 0.6) is 17.2 Å². The maximum atomic E-state index is 11.2. The lowest BCUT2D eigenvalue weighted by molar-refractivity contribution is 0.415. The van der Waals surface area contributed by atoms with Gasteiger partial charge in [-0.3, -0.25) is 9.71 Å². The summed E-state index contributed by atoms with van der Waals surface area (Å²) in [7, 11) is -2.41. The van der Waals surface area contributed by atoms with Gasteiger partial charge in [-0.15, -0.1) is 0 Å². The second-order valence-electron chi connectivity index (χ2n) is 5.26. The zero-order chi connectivity index (χ0) is 18.7. The van der Waals surface area contributed by atoms with Crippen molar-refractivity contribution in [3.63, 3.8) is 0 Å². The third-order valence-electron chi connectivity index (χ3n) is 3.50. The van der Waals surface area contributed by atoms with Gasteiger partial charge in [0.15, 0.2) is 0 Å². The molecule has 8 nitrogen and oxygen atoms in total. The average Bonchev–Trinajstić information content (AvgIpc) is 2.61. The van der Waals surface area contributed by atoms with Crippen molar-refractivity contribution in [2.75, 3.05) is 11.8 Å². The van der Waals surface area contributed by atoms with Crippen molar-refractivity contribution in [1.29, 1.82) is 5.26 Å². The Labute approximate surface area is 150 Å². The molecule has 0 unspecified atom stereocenters. The van der Waals surface area contributed by atoms with Gasteiger partial charge in [-0.2, -0.15) is 13.7 Å². The van der Waals surface area contributed by atoms with Gasteiger partial charge in [0.05, 0.1) is 23.9 Å². The number of ether oxygens (including phenoxy) is 2. The van der Waals surface area contributed by atoms with Crippen molar-refractivity contribution in [2.24, 2.45) is 5.14 Å². The fraction of sp³-hybridized carbons (Fsp3) is 0.0588. The smallest absolute Gasteiger partial charge is 0.296 e. The minimum atomic E-state index is -3.98. The molecule has 2 aromatic carbocycles. The van der Waals surface area contributed by atoms with Crippen LogP contribution >= 0.6 is 0 Å². The van der Waals surface area contributed by atoms with Crippen LogP contribution in [0.3, 0.4) is 0 Å². The Kier molecular flexibility index (Phi) is 4.62. The number of methoxy groups -OCH3 is 1. The molecule has 0 radical (unpaired) electrons. The normalized spacial score (nSPS) is 11.0. The molecule has 0 atom stereocenters. The summed E-state index contributed by atoms with van der Waals surface area (Å²) < 4.78 is 35.4. The van der Waals surface area contributed by atoms with Gasteiger partial charge in [0, 0.05) is 23.7 Å². The lowest BCUT2D eigenvalue weighted by Crippen LogP contribution is -2.22. The first-order valence-corrected chi connectivity index (χ1v) is 8.89. The van der Waals surface area contributed by atoms with Crippen molar-refractivity contribution in [1.82, 2.24) is 4.98 Å². The van der Waals surface area contributed by atoms with Crippen molar-refractivity contribution in [2.45, 2.75) is 0 Å². The Morgan fingerprint density at radius 1 is 1.15 bits per heavy atom. The van der Waals surface area contributed by atoms with E-state index >= 15 is 0 Å². The third-order valence-corrected chi connectivity index (χ3v) is 4.01.